The van der Waals surface area contributed by atoms with Gasteiger partial charge in [-0.15, -0.1) is 0 Å². The number of hydrogen-bond acceptors (Lipinski definition) is 8. The van der Waals surface area contributed by atoms with Gasteiger partial charge in [0.1, 0.15) is 23.0 Å². The number of benzene rings is 1. The summed E-state index contributed by atoms with van der Waals surface area (Å²) < 4.78 is 52.4. The molecule has 0 radical (unpaired) electrons. The first-order chi connectivity index (χ1) is 20.2. The molecule has 13 heteroatoms. The summed E-state index contributed by atoms with van der Waals surface area (Å²) in [6.45, 7) is 10.6. The molecule has 0 bridgehead atoms. The van der Waals surface area contributed by atoms with E-state index in [1.165, 1.54) is 35.6 Å². The number of furan rings is 1. The van der Waals surface area contributed by atoms with Crippen molar-refractivity contribution < 1.29 is 31.6 Å². The van der Waals surface area contributed by atoms with Crippen LogP contribution >= 0.6 is 0 Å². The highest BCUT2D eigenvalue weighted by atomic mass is 32.2. The highest BCUT2D eigenvalue weighted by Gasteiger charge is 2.29. The molecule has 0 aliphatic carbocycles. The lowest BCUT2D eigenvalue weighted by molar-refractivity contribution is 0.0145. The third-order valence-electron chi connectivity index (χ3n) is 7.18. The highest BCUT2D eigenvalue weighted by Crippen LogP contribution is 2.36. The average molecular weight is 618 g/mol. The Bertz CT molecular complexity index is 1570. The number of rotatable bonds is 9. The minimum atomic E-state index is -3.72. The number of sulfonamides is 1. The molecular formula is C30H40FN5O6S. The lowest BCUT2D eigenvalue weighted by Gasteiger charge is -2.35. The van der Waals surface area contributed by atoms with E-state index in [0.717, 1.165) is 6.26 Å². The number of carbonyl (C=O) groups is 2. The molecule has 43 heavy (non-hydrogen) atoms. The van der Waals surface area contributed by atoms with E-state index < -0.39 is 27.3 Å². The summed E-state index contributed by atoms with van der Waals surface area (Å²) in [5, 5.41) is 3.06. The van der Waals surface area contributed by atoms with Crippen LogP contribution in [-0.2, 0) is 21.2 Å². The number of amides is 2. The Hall–Kier alpha value is -3.71. The van der Waals surface area contributed by atoms with E-state index in [4.69, 9.17) is 9.15 Å². The predicted molar refractivity (Wildman–Crippen MR) is 163 cm³/mol. The van der Waals surface area contributed by atoms with Crippen molar-refractivity contribution in [1.82, 2.24) is 20.1 Å². The maximum Gasteiger partial charge on any atom is 0.410 e. The number of aryl methyl sites for hydroxylation is 1. The molecule has 4 rings (SSSR count). The van der Waals surface area contributed by atoms with E-state index in [9.17, 15) is 22.4 Å². The number of hydrogen-bond donors (Lipinski definition) is 1. The minimum absolute atomic E-state index is 0.108. The molecule has 0 spiro atoms. The zero-order chi connectivity index (χ0) is 31.5. The molecule has 3 heterocycles. The lowest BCUT2D eigenvalue weighted by Crippen LogP contribution is -2.50. The number of nitrogens with zero attached hydrogens (tertiary/aromatic N) is 4. The van der Waals surface area contributed by atoms with E-state index in [0.29, 0.717) is 62.1 Å². The van der Waals surface area contributed by atoms with Gasteiger partial charge in [-0.05, 0) is 69.5 Å². The molecule has 1 aliphatic heterocycles. The molecule has 1 aliphatic rings. The smallest absolute Gasteiger partial charge is 0.410 e. The number of piperazine rings is 1. The van der Waals surface area contributed by atoms with E-state index >= 15 is 0 Å². The Labute approximate surface area is 252 Å². The third-order valence-corrected chi connectivity index (χ3v) is 8.33. The number of pyridine rings is 1. The van der Waals surface area contributed by atoms with Crippen molar-refractivity contribution >= 4 is 38.9 Å². The summed E-state index contributed by atoms with van der Waals surface area (Å²) in [4.78, 5) is 33.8. The van der Waals surface area contributed by atoms with Crippen LogP contribution < -0.4 is 9.62 Å². The zero-order valence-electron chi connectivity index (χ0n) is 25.6. The number of carbonyl (C=O) groups excluding carboxylic acids is 2. The van der Waals surface area contributed by atoms with E-state index in [1.807, 2.05) is 27.7 Å². The number of fused-ring (bicyclic) bond motifs is 1. The second kappa shape index (κ2) is 12.9. The van der Waals surface area contributed by atoms with Crippen molar-refractivity contribution in [1.29, 1.82) is 0 Å². The fraction of sp³-hybridized carbons (Fsp3) is 0.500. The van der Waals surface area contributed by atoms with Crippen molar-refractivity contribution in [3.63, 3.8) is 0 Å². The van der Waals surface area contributed by atoms with Crippen LogP contribution in [0.15, 0.2) is 34.7 Å². The Morgan fingerprint density at radius 2 is 1.79 bits per heavy atom. The minimum Gasteiger partial charge on any atom is -0.444 e. The fourth-order valence-corrected chi connectivity index (χ4v) is 5.97. The van der Waals surface area contributed by atoms with Gasteiger partial charge in [-0.2, -0.15) is 4.98 Å². The molecule has 0 atom stereocenters. The van der Waals surface area contributed by atoms with Crippen molar-refractivity contribution in [2.45, 2.75) is 46.1 Å². The molecule has 0 unspecified atom stereocenters. The van der Waals surface area contributed by atoms with Crippen LogP contribution in [0.5, 0.6) is 0 Å². The molecule has 2 aromatic heterocycles. The van der Waals surface area contributed by atoms with Crippen molar-refractivity contribution in [2.75, 3.05) is 56.9 Å². The molecule has 1 saturated heterocycles. The summed E-state index contributed by atoms with van der Waals surface area (Å²) in [5.74, 6) is -0.363. The van der Waals surface area contributed by atoms with Crippen molar-refractivity contribution in [3.8, 4) is 11.3 Å². The third kappa shape index (κ3) is 7.63. The van der Waals surface area contributed by atoms with Gasteiger partial charge in [0.25, 0.3) is 5.91 Å². The van der Waals surface area contributed by atoms with Crippen molar-refractivity contribution in [3.05, 3.63) is 47.3 Å². The SMILES string of the molecule is CCc1cc2c(C(=O)NC)c(-c3ccc(F)cc3)oc2nc1N(CCCN1CCN(C(=O)OC(C)(C)C)CC1)S(C)(=O)=O. The summed E-state index contributed by atoms with van der Waals surface area (Å²) in [7, 11) is -2.22. The fourth-order valence-electron chi connectivity index (χ4n) is 5.03. The van der Waals surface area contributed by atoms with Crippen LogP contribution in [0.1, 0.15) is 50.0 Å². The summed E-state index contributed by atoms with van der Waals surface area (Å²) >= 11 is 0. The van der Waals surface area contributed by atoms with Gasteiger partial charge < -0.3 is 19.4 Å². The number of nitrogens with one attached hydrogen (secondary N) is 1. The molecule has 1 fully saturated rings. The highest BCUT2D eigenvalue weighted by molar-refractivity contribution is 7.92. The maximum absolute atomic E-state index is 13.6. The van der Waals surface area contributed by atoms with Crippen LogP contribution in [0, 0.1) is 5.82 Å². The van der Waals surface area contributed by atoms with Crippen molar-refractivity contribution in [2.24, 2.45) is 0 Å². The summed E-state index contributed by atoms with van der Waals surface area (Å²) in [6.07, 6.45) is 1.80. The van der Waals surface area contributed by atoms with Crippen LogP contribution in [0.3, 0.4) is 0 Å². The Kier molecular flexibility index (Phi) is 9.65. The van der Waals surface area contributed by atoms with Gasteiger partial charge in [-0.25, -0.2) is 17.6 Å². The first-order valence-electron chi connectivity index (χ1n) is 14.3. The van der Waals surface area contributed by atoms with Gasteiger partial charge >= 0.3 is 6.09 Å². The molecule has 11 nitrogen and oxygen atoms in total. The van der Waals surface area contributed by atoms with Gasteiger partial charge in [-0.3, -0.25) is 14.0 Å². The first-order valence-corrected chi connectivity index (χ1v) is 16.2. The molecular weight excluding hydrogens is 577 g/mol. The number of anilines is 1. The normalized spacial score (nSPS) is 14.6. The summed E-state index contributed by atoms with van der Waals surface area (Å²) in [6, 6.07) is 7.31. The zero-order valence-corrected chi connectivity index (χ0v) is 26.4. The molecule has 234 valence electrons. The van der Waals surface area contributed by atoms with Gasteiger partial charge in [0.05, 0.1) is 17.2 Å². The largest absolute Gasteiger partial charge is 0.444 e. The molecule has 3 aromatic rings. The molecule has 1 N–H and O–H groups in total. The quantitative estimate of drug-likeness (QED) is 0.378. The van der Waals surface area contributed by atoms with Crippen LogP contribution in [-0.4, -0.2) is 93.4 Å². The topological polar surface area (TPSA) is 125 Å². The first kappa shape index (κ1) is 32.2. The van der Waals surface area contributed by atoms with E-state index in [2.05, 4.69) is 15.2 Å². The van der Waals surface area contributed by atoms with Crippen LogP contribution in [0.2, 0.25) is 0 Å². The summed E-state index contributed by atoms with van der Waals surface area (Å²) in [5.41, 5.74) is 0.927. The lowest BCUT2D eigenvalue weighted by atomic mass is 10.0. The van der Waals surface area contributed by atoms with Gasteiger partial charge in [0, 0.05) is 51.9 Å². The molecule has 1 aromatic carbocycles. The Balaban J connectivity index is 1.56. The Morgan fingerprint density at radius 3 is 2.35 bits per heavy atom. The molecule has 0 saturated carbocycles. The maximum atomic E-state index is 13.6. The van der Waals surface area contributed by atoms with Crippen LogP contribution in [0.4, 0.5) is 15.0 Å². The van der Waals surface area contributed by atoms with Crippen LogP contribution in [0.25, 0.3) is 22.4 Å². The monoisotopic (exact) mass is 617 g/mol. The van der Waals surface area contributed by atoms with Gasteiger partial charge in [0.2, 0.25) is 15.7 Å². The van der Waals surface area contributed by atoms with Gasteiger partial charge in [0.15, 0.2) is 0 Å². The van der Waals surface area contributed by atoms with E-state index in [-0.39, 0.29) is 35.5 Å². The molecule has 2 amide bonds. The predicted octanol–water partition coefficient (Wildman–Crippen LogP) is 4.26. The Morgan fingerprint density at radius 1 is 1.14 bits per heavy atom. The standard InChI is InChI=1S/C30H40FN5O6S/c1-7-20-19-23-24(27(37)32-5)25(21-9-11-22(31)12-10-21)41-28(23)33-26(20)36(43(6,39)40)14-8-13-34-15-17-35(18-16-34)29(38)42-30(2,3)4/h9-12,19H,7-8,13-18H2,1-6H3,(H,32,37). The number of aromatic nitrogens is 1. The second-order valence-corrected chi connectivity index (χ2v) is 13.5. The average Bonchev–Trinajstić information content (AvgIpc) is 3.31. The second-order valence-electron chi connectivity index (χ2n) is 11.6. The number of halogens is 1. The number of ether oxygens (including phenoxy) is 1. The van der Waals surface area contributed by atoms with Gasteiger partial charge in [-0.1, -0.05) is 6.92 Å². The van der Waals surface area contributed by atoms with E-state index in [1.54, 1.807) is 11.0 Å².